The molecule has 1 aromatic carbocycles. The number of hydrogen-bond acceptors (Lipinski definition) is 7. The molecule has 30 heavy (non-hydrogen) atoms. The summed E-state index contributed by atoms with van der Waals surface area (Å²) in [5, 5.41) is 0. The van der Waals surface area contributed by atoms with Crippen LogP contribution in [0, 0.1) is 5.92 Å². The number of amides is 1. The number of hydrogen-bond donors (Lipinski definition) is 0. The van der Waals surface area contributed by atoms with Crippen molar-refractivity contribution in [2.75, 3.05) is 26.3 Å². The summed E-state index contributed by atoms with van der Waals surface area (Å²) >= 11 is 0. The molecule has 0 radical (unpaired) electrons. The molecule has 1 aromatic heterocycles. The van der Waals surface area contributed by atoms with Crippen LogP contribution in [0.5, 0.6) is 5.75 Å². The number of rotatable bonds is 8. The first-order valence-corrected chi connectivity index (χ1v) is 9.95. The minimum atomic E-state index is -0.712. The van der Waals surface area contributed by atoms with Crippen LogP contribution >= 0.6 is 0 Å². The van der Waals surface area contributed by atoms with E-state index in [4.69, 9.17) is 18.6 Å². The number of ether oxygens (including phenoxy) is 3. The number of likely N-dealkylation sites (tertiary alicyclic amines) is 1. The molecule has 1 saturated heterocycles. The minimum Gasteiger partial charge on any atom is -0.486 e. The quantitative estimate of drug-likeness (QED) is 0.612. The van der Waals surface area contributed by atoms with Gasteiger partial charge in [0.25, 0.3) is 5.91 Å². The summed E-state index contributed by atoms with van der Waals surface area (Å²) in [5.74, 6) is -0.248. The third kappa shape index (κ3) is 5.85. The molecule has 0 N–H and O–H groups in total. The monoisotopic (exact) mass is 415 g/mol. The molecular formula is C22H25NO7. The lowest BCUT2D eigenvalue weighted by Crippen LogP contribution is -2.42. The molecule has 0 saturated carbocycles. The molecule has 2 heterocycles. The number of para-hydroxylation sites is 1. The van der Waals surface area contributed by atoms with Gasteiger partial charge in [0.1, 0.15) is 18.1 Å². The Morgan fingerprint density at radius 3 is 2.47 bits per heavy atom. The van der Waals surface area contributed by atoms with Crippen LogP contribution in [0.25, 0.3) is 0 Å². The van der Waals surface area contributed by atoms with Gasteiger partial charge in [0, 0.05) is 13.1 Å². The van der Waals surface area contributed by atoms with Crippen LogP contribution in [0.4, 0.5) is 0 Å². The Kier molecular flexibility index (Phi) is 7.48. The maximum Gasteiger partial charge on any atom is 0.374 e. The Morgan fingerprint density at radius 2 is 1.77 bits per heavy atom. The number of carbonyl (C=O) groups is 3. The number of piperidine rings is 1. The third-order valence-corrected chi connectivity index (χ3v) is 4.78. The number of benzene rings is 1. The number of nitrogens with zero attached hydrogens (tertiary/aromatic N) is 1. The normalized spacial score (nSPS) is 14.2. The lowest BCUT2D eigenvalue weighted by atomic mass is 9.97. The van der Waals surface area contributed by atoms with Gasteiger partial charge in [-0.1, -0.05) is 18.2 Å². The Balaban J connectivity index is 1.41. The van der Waals surface area contributed by atoms with E-state index in [-0.39, 0.29) is 36.8 Å². The summed E-state index contributed by atoms with van der Waals surface area (Å²) in [6, 6.07) is 12.4. The summed E-state index contributed by atoms with van der Waals surface area (Å²) in [5.41, 5.74) is 0. The fourth-order valence-corrected chi connectivity index (χ4v) is 3.15. The van der Waals surface area contributed by atoms with Crippen molar-refractivity contribution in [3.8, 4) is 5.75 Å². The van der Waals surface area contributed by atoms with Gasteiger partial charge in [-0.15, -0.1) is 0 Å². The van der Waals surface area contributed by atoms with E-state index in [1.54, 1.807) is 17.9 Å². The lowest BCUT2D eigenvalue weighted by Gasteiger charge is -2.30. The van der Waals surface area contributed by atoms with Crippen LogP contribution in [-0.4, -0.2) is 49.0 Å². The first kappa shape index (κ1) is 21.4. The van der Waals surface area contributed by atoms with Crippen LogP contribution < -0.4 is 4.74 Å². The summed E-state index contributed by atoms with van der Waals surface area (Å²) < 4.78 is 21.1. The molecule has 1 aliphatic rings. The molecule has 160 valence electrons. The van der Waals surface area contributed by atoms with E-state index in [1.165, 1.54) is 6.07 Å². The van der Waals surface area contributed by atoms with E-state index in [0.29, 0.717) is 44.0 Å². The molecule has 3 rings (SSSR count). The van der Waals surface area contributed by atoms with E-state index in [2.05, 4.69) is 0 Å². The molecule has 8 nitrogen and oxygen atoms in total. The largest absolute Gasteiger partial charge is 0.486 e. The third-order valence-electron chi connectivity index (χ3n) is 4.78. The van der Waals surface area contributed by atoms with Gasteiger partial charge in [-0.25, -0.2) is 4.79 Å². The molecule has 0 aliphatic carbocycles. The van der Waals surface area contributed by atoms with Gasteiger partial charge in [0.05, 0.1) is 12.5 Å². The topological polar surface area (TPSA) is 95.3 Å². The Labute approximate surface area is 174 Å². The molecule has 0 atom stereocenters. The molecule has 0 bridgehead atoms. The number of furan rings is 1. The smallest absolute Gasteiger partial charge is 0.374 e. The fourth-order valence-electron chi connectivity index (χ4n) is 3.15. The molecular weight excluding hydrogens is 390 g/mol. The summed E-state index contributed by atoms with van der Waals surface area (Å²) in [6.07, 6.45) is 1.09. The average molecular weight is 415 g/mol. The van der Waals surface area contributed by atoms with Crippen LogP contribution in [-0.2, 0) is 25.7 Å². The summed E-state index contributed by atoms with van der Waals surface area (Å²) in [7, 11) is 0. The standard InChI is InChI=1S/C22H25NO7/c1-2-27-21(25)16-10-12-23(13-11-16)20(24)15-29-22(26)19-9-8-18(30-19)14-28-17-6-4-3-5-7-17/h3-9,16H,2,10-15H2,1H3. The van der Waals surface area contributed by atoms with Crippen LogP contribution in [0.15, 0.2) is 46.9 Å². The van der Waals surface area contributed by atoms with Gasteiger partial charge in [-0.3, -0.25) is 9.59 Å². The van der Waals surface area contributed by atoms with Gasteiger partial charge in [-0.2, -0.15) is 0 Å². The second-order valence-corrected chi connectivity index (χ2v) is 6.85. The van der Waals surface area contributed by atoms with E-state index >= 15 is 0 Å². The highest BCUT2D eigenvalue weighted by molar-refractivity contribution is 5.89. The predicted molar refractivity (Wildman–Crippen MR) is 106 cm³/mol. The Hall–Kier alpha value is -3.29. The van der Waals surface area contributed by atoms with Crippen molar-refractivity contribution in [2.45, 2.75) is 26.4 Å². The Bertz CT molecular complexity index is 853. The van der Waals surface area contributed by atoms with Crippen molar-refractivity contribution in [2.24, 2.45) is 5.92 Å². The molecule has 2 aromatic rings. The van der Waals surface area contributed by atoms with E-state index in [0.717, 1.165) is 0 Å². The molecule has 0 spiro atoms. The molecule has 1 aliphatic heterocycles. The summed E-state index contributed by atoms with van der Waals surface area (Å²) in [4.78, 5) is 37.8. The van der Waals surface area contributed by atoms with Gasteiger partial charge in [-0.05, 0) is 44.0 Å². The minimum absolute atomic E-state index is 0.00970. The molecule has 8 heteroatoms. The molecule has 1 amide bonds. The highest BCUT2D eigenvalue weighted by Gasteiger charge is 2.28. The van der Waals surface area contributed by atoms with Gasteiger partial charge in [0.15, 0.2) is 6.61 Å². The highest BCUT2D eigenvalue weighted by atomic mass is 16.6. The van der Waals surface area contributed by atoms with Crippen LogP contribution in [0.1, 0.15) is 36.1 Å². The first-order chi connectivity index (χ1) is 14.6. The second-order valence-electron chi connectivity index (χ2n) is 6.85. The first-order valence-electron chi connectivity index (χ1n) is 9.95. The maximum atomic E-state index is 12.3. The second kappa shape index (κ2) is 10.5. The van der Waals surface area contributed by atoms with Crippen LogP contribution in [0.2, 0.25) is 0 Å². The molecule has 1 fully saturated rings. The fraction of sp³-hybridized carbons (Fsp3) is 0.409. The number of carbonyl (C=O) groups excluding carboxylic acids is 3. The van der Waals surface area contributed by atoms with E-state index in [9.17, 15) is 14.4 Å². The van der Waals surface area contributed by atoms with Crippen molar-refractivity contribution in [3.05, 3.63) is 54.0 Å². The van der Waals surface area contributed by atoms with Gasteiger partial charge < -0.3 is 23.5 Å². The number of esters is 2. The van der Waals surface area contributed by atoms with E-state index in [1.807, 2.05) is 30.3 Å². The van der Waals surface area contributed by atoms with Gasteiger partial charge >= 0.3 is 11.9 Å². The molecule has 0 unspecified atom stereocenters. The van der Waals surface area contributed by atoms with Crippen molar-refractivity contribution in [3.63, 3.8) is 0 Å². The van der Waals surface area contributed by atoms with Crippen LogP contribution in [0.3, 0.4) is 0 Å². The zero-order valence-corrected chi connectivity index (χ0v) is 16.9. The zero-order chi connectivity index (χ0) is 21.3. The van der Waals surface area contributed by atoms with Crippen molar-refractivity contribution < 1.29 is 33.0 Å². The summed E-state index contributed by atoms with van der Waals surface area (Å²) in [6.45, 7) is 2.78. The van der Waals surface area contributed by atoms with Gasteiger partial charge in [0.2, 0.25) is 5.76 Å². The zero-order valence-electron chi connectivity index (χ0n) is 16.9. The maximum absolute atomic E-state index is 12.3. The SMILES string of the molecule is CCOC(=O)C1CCN(C(=O)COC(=O)c2ccc(COc3ccccc3)o2)CC1. The predicted octanol–water partition coefficient (Wildman–Crippen LogP) is 2.82. The lowest BCUT2D eigenvalue weighted by molar-refractivity contribution is -0.151. The average Bonchev–Trinajstić information content (AvgIpc) is 3.26. The highest BCUT2D eigenvalue weighted by Crippen LogP contribution is 2.19. The van der Waals surface area contributed by atoms with Crippen molar-refractivity contribution >= 4 is 17.8 Å². The van der Waals surface area contributed by atoms with E-state index < -0.39 is 5.97 Å². The Morgan fingerprint density at radius 1 is 1.03 bits per heavy atom. The van der Waals surface area contributed by atoms with Crippen molar-refractivity contribution in [1.82, 2.24) is 4.90 Å². The van der Waals surface area contributed by atoms with Crippen molar-refractivity contribution in [1.29, 1.82) is 0 Å².